The summed E-state index contributed by atoms with van der Waals surface area (Å²) in [5.41, 5.74) is 3.26. The van der Waals surface area contributed by atoms with E-state index in [1.165, 1.54) is 12.0 Å². The summed E-state index contributed by atoms with van der Waals surface area (Å²) in [4.78, 5) is 0. The van der Waals surface area contributed by atoms with Gasteiger partial charge in [0.15, 0.2) is 0 Å². The van der Waals surface area contributed by atoms with Gasteiger partial charge in [-0.25, -0.2) is 0 Å². The standard InChI is InChI=1S/C17H20O2/c1-10-5-4-6-13(12(10)3)17(18)16-8-7-15(19-16)14-9-11(14)2/h4-8,11,14,17-18H,9H2,1-3H3. The highest BCUT2D eigenvalue weighted by Crippen LogP contribution is 2.47. The summed E-state index contributed by atoms with van der Waals surface area (Å²) in [6.07, 6.45) is 0.537. The van der Waals surface area contributed by atoms with Crippen LogP contribution in [0.5, 0.6) is 0 Å². The first-order chi connectivity index (χ1) is 9.08. The van der Waals surface area contributed by atoms with Crippen LogP contribution in [-0.2, 0) is 0 Å². The van der Waals surface area contributed by atoms with E-state index in [9.17, 15) is 5.11 Å². The Kier molecular flexibility index (Phi) is 2.98. The summed E-state index contributed by atoms with van der Waals surface area (Å²) >= 11 is 0. The predicted octanol–water partition coefficient (Wildman–Crippen LogP) is 4.10. The second kappa shape index (κ2) is 4.53. The molecule has 100 valence electrons. The molecule has 1 saturated carbocycles. The van der Waals surface area contributed by atoms with Crippen LogP contribution in [0.25, 0.3) is 0 Å². The smallest absolute Gasteiger partial charge is 0.137 e. The molecular formula is C17H20O2. The molecule has 0 bridgehead atoms. The monoisotopic (exact) mass is 256 g/mol. The van der Waals surface area contributed by atoms with E-state index in [-0.39, 0.29) is 0 Å². The van der Waals surface area contributed by atoms with E-state index in [2.05, 4.69) is 19.9 Å². The maximum absolute atomic E-state index is 10.5. The Morgan fingerprint density at radius 1 is 1.21 bits per heavy atom. The third kappa shape index (κ3) is 2.21. The molecule has 3 rings (SSSR count). The van der Waals surface area contributed by atoms with Gasteiger partial charge in [0.1, 0.15) is 17.6 Å². The van der Waals surface area contributed by atoms with Crippen LogP contribution in [0.1, 0.15) is 53.6 Å². The molecule has 0 aliphatic heterocycles. The van der Waals surface area contributed by atoms with E-state index in [1.807, 2.05) is 31.2 Å². The lowest BCUT2D eigenvalue weighted by Crippen LogP contribution is -2.01. The highest BCUT2D eigenvalue weighted by molar-refractivity contribution is 5.37. The van der Waals surface area contributed by atoms with E-state index in [0.29, 0.717) is 11.7 Å². The van der Waals surface area contributed by atoms with Gasteiger partial charge in [0, 0.05) is 5.92 Å². The summed E-state index contributed by atoms with van der Waals surface area (Å²) < 4.78 is 5.84. The van der Waals surface area contributed by atoms with E-state index in [1.54, 1.807) is 0 Å². The van der Waals surface area contributed by atoms with Gasteiger partial charge in [0.25, 0.3) is 0 Å². The normalized spacial score (nSPS) is 23.4. The zero-order chi connectivity index (χ0) is 13.6. The minimum absolute atomic E-state index is 0.555. The van der Waals surface area contributed by atoms with Crippen molar-refractivity contribution in [3.63, 3.8) is 0 Å². The van der Waals surface area contributed by atoms with Crippen LogP contribution in [0.4, 0.5) is 0 Å². The maximum Gasteiger partial charge on any atom is 0.137 e. The van der Waals surface area contributed by atoms with Crippen molar-refractivity contribution in [1.29, 1.82) is 0 Å². The van der Waals surface area contributed by atoms with E-state index in [0.717, 1.165) is 22.8 Å². The van der Waals surface area contributed by atoms with Gasteiger partial charge in [-0.2, -0.15) is 0 Å². The molecule has 2 heteroatoms. The highest BCUT2D eigenvalue weighted by Gasteiger charge is 2.37. The molecule has 0 spiro atoms. The van der Waals surface area contributed by atoms with Crippen LogP contribution in [0.15, 0.2) is 34.7 Å². The van der Waals surface area contributed by atoms with E-state index >= 15 is 0 Å². The van der Waals surface area contributed by atoms with Crippen molar-refractivity contribution in [2.75, 3.05) is 0 Å². The molecule has 0 radical (unpaired) electrons. The number of hydrogen-bond acceptors (Lipinski definition) is 2. The number of aryl methyl sites for hydroxylation is 1. The molecule has 3 unspecified atom stereocenters. The highest BCUT2D eigenvalue weighted by atomic mass is 16.4. The van der Waals surface area contributed by atoms with Crippen molar-refractivity contribution < 1.29 is 9.52 Å². The molecule has 0 saturated heterocycles. The second-order valence-corrected chi connectivity index (χ2v) is 5.75. The van der Waals surface area contributed by atoms with Crippen LogP contribution >= 0.6 is 0 Å². The third-order valence-corrected chi connectivity index (χ3v) is 4.33. The van der Waals surface area contributed by atoms with E-state index in [4.69, 9.17) is 4.42 Å². The second-order valence-electron chi connectivity index (χ2n) is 5.75. The number of benzene rings is 1. The van der Waals surface area contributed by atoms with Gasteiger partial charge >= 0.3 is 0 Å². The predicted molar refractivity (Wildman–Crippen MR) is 75.2 cm³/mol. The zero-order valence-corrected chi connectivity index (χ0v) is 11.7. The average Bonchev–Trinajstić information content (AvgIpc) is 2.93. The van der Waals surface area contributed by atoms with Gasteiger partial charge < -0.3 is 9.52 Å². The first-order valence-corrected chi connectivity index (χ1v) is 6.91. The van der Waals surface area contributed by atoms with Crippen LogP contribution in [0, 0.1) is 19.8 Å². The molecule has 1 aromatic heterocycles. The minimum atomic E-state index is -0.664. The van der Waals surface area contributed by atoms with Gasteiger partial charge in [-0.15, -0.1) is 0 Å². The quantitative estimate of drug-likeness (QED) is 0.896. The molecule has 1 aliphatic carbocycles. The molecule has 2 nitrogen and oxygen atoms in total. The SMILES string of the molecule is Cc1cccc(C(O)c2ccc(C3CC3C)o2)c1C. The van der Waals surface area contributed by atoms with Crippen LogP contribution in [0.3, 0.4) is 0 Å². The van der Waals surface area contributed by atoms with Gasteiger partial charge in [-0.05, 0) is 55.0 Å². The molecule has 1 fully saturated rings. The molecule has 1 heterocycles. The van der Waals surface area contributed by atoms with Gasteiger partial charge in [-0.3, -0.25) is 0 Å². The third-order valence-electron chi connectivity index (χ3n) is 4.33. The van der Waals surface area contributed by atoms with Gasteiger partial charge in [0.05, 0.1) is 0 Å². The fourth-order valence-corrected chi connectivity index (χ4v) is 2.66. The number of hydrogen-bond donors (Lipinski definition) is 1. The summed E-state index contributed by atoms with van der Waals surface area (Å²) in [6.45, 7) is 6.33. The molecule has 19 heavy (non-hydrogen) atoms. The van der Waals surface area contributed by atoms with Crippen LogP contribution in [-0.4, -0.2) is 5.11 Å². The number of aliphatic hydroxyl groups excluding tert-OH is 1. The number of rotatable bonds is 3. The molecule has 1 aromatic carbocycles. The van der Waals surface area contributed by atoms with Crippen LogP contribution in [0.2, 0.25) is 0 Å². The Bertz CT molecular complexity index is 597. The fourth-order valence-electron chi connectivity index (χ4n) is 2.66. The molecule has 3 atom stereocenters. The lowest BCUT2D eigenvalue weighted by molar-refractivity contribution is 0.186. The van der Waals surface area contributed by atoms with Crippen molar-refractivity contribution in [3.05, 3.63) is 58.5 Å². The van der Waals surface area contributed by atoms with Gasteiger partial charge in [0.2, 0.25) is 0 Å². The summed E-state index contributed by atoms with van der Waals surface area (Å²) in [5, 5.41) is 10.5. The molecule has 1 N–H and O–H groups in total. The van der Waals surface area contributed by atoms with Gasteiger partial charge in [-0.1, -0.05) is 25.1 Å². The molecule has 2 aromatic rings. The molecular weight excluding hydrogens is 236 g/mol. The van der Waals surface area contributed by atoms with Crippen LogP contribution < -0.4 is 0 Å². The Morgan fingerprint density at radius 3 is 2.63 bits per heavy atom. The first-order valence-electron chi connectivity index (χ1n) is 6.91. The summed E-state index contributed by atoms with van der Waals surface area (Å²) in [5.74, 6) is 2.95. The largest absolute Gasteiger partial charge is 0.463 e. The Morgan fingerprint density at radius 2 is 1.95 bits per heavy atom. The van der Waals surface area contributed by atoms with Crippen molar-refractivity contribution in [1.82, 2.24) is 0 Å². The zero-order valence-electron chi connectivity index (χ0n) is 11.7. The Balaban J connectivity index is 1.89. The van der Waals surface area contributed by atoms with Crippen molar-refractivity contribution in [3.8, 4) is 0 Å². The Hall–Kier alpha value is -1.54. The average molecular weight is 256 g/mol. The summed E-state index contributed by atoms with van der Waals surface area (Å²) in [6, 6.07) is 9.93. The topological polar surface area (TPSA) is 33.4 Å². The minimum Gasteiger partial charge on any atom is -0.463 e. The molecule has 1 aliphatic rings. The Labute approximate surface area is 114 Å². The number of furan rings is 1. The lowest BCUT2D eigenvalue weighted by Gasteiger charge is -2.13. The lowest BCUT2D eigenvalue weighted by atomic mass is 9.98. The maximum atomic E-state index is 10.5. The fraction of sp³-hybridized carbons (Fsp3) is 0.412. The molecule has 0 amide bonds. The summed E-state index contributed by atoms with van der Waals surface area (Å²) in [7, 11) is 0. The van der Waals surface area contributed by atoms with E-state index < -0.39 is 6.10 Å². The number of aliphatic hydroxyl groups is 1. The van der Waals surface area contributed by atoms with Crippen molar-refractivity contribution in [2.45, 2.75) is 39.2 Å². The van der Waals surface area contributed by atoms with Crippen molar-refractivity contribution in [2.24, 2.45) is 5.92 Å². The van der Waals surface area contributed by atoms with Crippen molar-refractivity contribution >= 4 is 0 Å². The first kappa shape index (κ1) is 12.5.